The standard InChI is InChI=1S/C12H12N4O3/c1-2-11-14-10(13)7-12(15-11)19-9-5-3-4-8(6-9)16(17)18/h3-7H,2H2,1H3,(H2,13,14,15). The van der Waals surface area contributed by atoms with Crippen LogP contribution in [0.5, 0.6) is 11.6 Å². The minimum absolute atomic E-state index is 0.0461. The zero-order valence-electron chi connectivity index (χ0n) is 10.2. The van der Waals surface area contributed by atoms with Gasteiger partial charge in [0.25, 0.3) is 5.69 Å². The van der Waals surface area contributed by atoms with Crippen LogP contribution in [0.3, 0.4) is 0 Å². The van der Waals surface area contributed by atoms with Gasteiger partial charge in [0.15, 0.2) is 0 Å². The first-order valence-electron chi connectivity index (χ1n) is 5.64. The summed E-state index contributed by atoms with van der Waals surface area (Å²) in [4.78, 5) is 18.3. The van der Waals surface area contributed by atoms with E-state index in [1.807, 2.05) is 6.92 Å². The first kappa shape index (κ1) is 12.7. The van der Waals surface area contributed by atoms with E-state index in [1.165, 1.54) is 18.2 Å². The highest BCUT2D eigenvalue weighted by molar-refractivity contribution is 5.41. The number of benzene rings is 1. The van der Waals surface area contributed by atoms with E-state index >= 15 is 0 Å². The molecule has 0 spiro atoms. The molecular formula is C12H12N4O3. The lowest BCUT2D eigenvalue weighted by Crippen LogP contribution is -2.00. The quantitative estimate of drug-likeness (QED) is 0.668. The van der Waals surface area contributed by atoms with Gasteiger partial charge in [-0.05, 0) is 6.07 Å². The summed E-state index contributed by atoms with van der Waals surface area (Å²) in [6, 6.07) is 7.33. The summed E-state index contributed by atoms with van der Waals surface area (Å²) in [7, 11) is 0. The Morgan fingerprint density at radius 1 is 1.37 bits per heavy atom. The molecule has 2 aromatic rings. The van der Waals surface area contributed by atoms with Gasteiger partial charge in [-0.1, -0.05) is 13.0 Å². The van der Waals surface area contributed by atoms with Crippen molar-refractivity contribution < 1.29 is 9.66 Å². The lowest BCUT2D eigenvalue weighted by Gasteiger charge is -2.06. The molecule has 0 unspecified atom stereocenters. The van der Waals surface area contributed by atoms with Crippen LogP contribution >= 0.6 is 0 Å². The van der Waals surface area contributed by atoms with Gasteiger partial charge in [0, 0.05) is 18.6 Å². The molecule has 2 rings (SSSR count). The van der Waals surface area contributed by atoms with Crippen LogP contribution in [0.2, 0.25) is 0 Å². The monoisotopic (exact) mass is 260 g/mol. The summed E-state index contributed by atoms with van der Waals surface area (Å²) >= 11 is 0. The van der Waals surface area contributed by atoms with E-state index in [0.717, 1.165) is 0 Å². The number of rotatable bonds is 4. The van der Waals surface area contributed by atoms with Gasteiger partial charge in [0.1, 0.15) is 17.4 Å². The highest BCUT2D eigenvalue weighted by Gasteiger charge is 2.08. The van der Waals surface area contributed by atoms with E-state index in [0.29, 0.717) is 23.8 Å². The molecule has 0 aliphatic carbocycles. The highest BCUT2D eigenvalue weighted by atomic mass is 16.6. The fourth-order valence-electron chi connectivity index (χ4n) is 1.48. The molecule has 2 N–H and O–H groups in total. The molecule has 0 saturated heterocycles. The topological polar surface area (TPSA) is 104 Å². The molecule has 7 nitrogen and oxygen atoms in total. The molecule has 0 fully saturated rings. The number of non-ortho nitro benzene ring substituents is 1. The third kappa shape index (κ3) is 3.15. The molecular weight excluding hydrogens is 248 g/mol. The molecule has 0 atom stereocenters. The van der Waals surface area contributed by atoms with Crippen LogP contribution in [0.1, 0.15) is 12.7 Å². The smallest absolute Gasteiger partial charge is 0.273 e. The Morgan fingerprint density at radius 2 is 2.16 bits per heavy atom. The van der Waals surface area contributed by atoms with E-state index in [2.05, 4.69) is 9.97 Å². The van der Waals surface area contributed by atoms with Gasteiger partial charge < -0.3 is 10.5 Å². The second-order valence-corrected chi connectivity index (χ2v) is 3.76. The SMILES string of the molecule is CCc1nc(N)cc(Oc2cccc([N+](=O)[O-])c2)n1. The van der Waals surface area contributed by atoms with E-state index < -0.39 is 4.92 Å². The Hall–Kier alpha value is -2.70. The van der Waals surface area contributed by atoms with E-state index in [9.17, 15) is 10.1 Å². The number of ether oxygens (including phenoxy) is 1. The Kier molecular flexibility index (Phi) is 3.56. The average Bonchev–Trinajstić information content (AvgIpc) is 2.38. The molecule has 1 aromatic heterocycles. The van der Waals surface area contributed by atoms with Crippen molar-refractivity contribution in [1.82, 2.24) is 9.97 Å². The van der Waals surface area contributed by atoms with Crippen molar-refractivity contribution in [3.63, 3.8) is 0 Å². The molecule has 1 heterocycles. The largest absolute Gasteiger partial charge is 0.439 e. The van der Waals surface area contributed by atoms with Gasteiger partial charge in [-0.25, -0.2) is 4.98 Å². The zero-order valence-corrected chi connectivity index (χ0v) is 10.2. The van der Waals surface area contributed by atoms with E-state index in [4.69, 9.17) is 10.5 Å². The average molecular weight is 260 g/mol. The first-order valence-corrected chi connectivity index (χ1v) is 5.64. The molecule has 7 heteroatoms. The fourth-order valence-corrected chi connectivity index (χ4v) is 1.48. The first-order chi connectivity index (χ1) is 9.08. The van der Waals surface area contributed by atoms with E-state index in [1.54, 1.807) is 12.1 Å². The van der Waals surface area contributed by atoms with Crippen LogP contribution in [0, 0.1) is 10.1 Å². The van der Waals surface area contributed by atoms with Crippen molar-refractivity contribution in [1.29, 1.82) is 0 Å². The molecule has 1 aromatic carbocycles. The molecule has 19 heavy (non-hydrogen) atoms. The number of aryl methyl sites for hydroxylation is 1. The summed E-state index contributed by atoms with van der Waals surface area (Å²) < 4.78 is 5.46. The van der Waals surface area contributed by atoms with Crippen molar-refractivity contribution in [2.45, 2.75) is 13.3 Å². The normalized spacial score (nSPS) is 10.2. The van der Waals surface area contributed by atoms with Gasteiger partial charge in [-0.2, -0.15) is 4.98 Å². The maximum Gasteiger partial charge on any atom is 0.273 e. The second-order valence-electron chi connectivity index (χ2n) is 3.76. The lowest BCUT2D eigenvalue weighted by molar-refractivity contribution is -0.384. The fraction of sp³-hybridized carbons (Fsp3) is 0.167. The Balaban J connectivity index is 2.28. The second kappa shape index (κ2) is 5.30. The number of anilines is 1. The van der Waals surface area contributed by atoms with Gasteiger partial charge in [0.05, 0.1) is 11.0 Å². The maximum absolute atomic E-state index is 10.7. The van der Waals surface area contributed by atoms with Crippen molar-refractivity contribution >= 4 is 11.5 Å². The lowest BCUT2D eigenvalue weighted by atomic mass is 10.3. The van der Waals surface area contributed by atoms with Crippen LogP contribution in [0.4, 0.5) is 11.5 Å². The van der Waals surface area contributed by atoms with Gasteiger partial charge in [-0.15, -0.1) is 0 Å². The van der Waals surface area contributed by atoms with Crippen LogP contribution in [0.25, 0.3) is 0 Å². The third-order valence-electron chi connectivity index (χ3n) is 2.34. The summed E-state index contributed by atoms with van der Waals surface area (Å²) in [6.45, 7) is 1.89. The number of nitro benzene ring substituents is 1. The number of nitro groups is 1. The molecule has 0 amide bonds. The van der Waals surface area contributed by atoms with Crippen molar-refractivity contribution in [3.05, 3.63) is 46.3 Å². The van der Waals surface area contributed by atoms with Crippen LogP contribution in [-0.4, -0.2) is 14.9 Å². The molecule has 0 radical (unpaired) electrons. The third-order valence-corrected chi connectivity index (χ3v) is 2.34. The number of nitrogens with two attached hydrogens (primary N) is 1. The number of nitrogen functional groups attached to an aromatic ring is 1. The number of aromatic nitrogens is 2. The van der Waals surface area contributed by atoms with Crippen molar-refractivity contribution in [3.8, 4) is 11.6 Å². The summed E-state index contributed by atoms with van der Waals surface area (Å²) in [5, 5.41) is 10.7. The Morgan fingerprint density at radius 3 is 2.84 bits per heavy atom. The predicted molar refractivity (Wildman–Crippen MR) is 69.0 cm³/mol. The molecule has 0 bridgehead atoms. The van der Waals surface area contributed by atoms with Crippen molar-refractivity contribution in [2.75, 3.05) is 5.73 Å². The Bertz CT molecular complexity index is 616. The summed E-state index contributed by atoms with van der Waals surface area (Å²) in [5.41, 5.74) is 5.58. The number of nitrogens with zero attached hydrogens (tertiary/aromatic N) is 3. The molecule has 98 valence electrons. The number of hydrogen-bond acceptors (Lipinski definition) is 6. The molecule has 0 saturated carbocycles. The van der Waals surface area contributed by atoms with Gasteiger partial charge in [0.2, 0.25) is 5.88 Å². The van der Waals surface area contributed by atoms with E-state index in [-0.39, 0.29) is 11.6 Å². The molecule has 0 aliphatic heterocycles. The van der Waals surface area contributed by atoms with Crippen molar-refractivity contribution in [2.24, 2.45) is 0 Å². The van der Waals surface area contributed by atoms with Crippen LogP contribution in [-0.2, 0) is 6.42 Å². The summed E-state index contributed by atoms with van der Waals surface area (Å²) in [5.74, 6) is 1.45. The minimum Gasteiger partial charge on any atom is -0.439 e. The zero-order chi connectivity index (χ0) is 13.8. The van der Waals surface area contributed by atoms with Crippen LogP contribution in [0.15, 0.2) is 30.3 Å². The Labute approximate surface area is 109 Å². The maximum atomic E-state index is 10.7. The minimum atomic E-state index is -0.487. The summed E-state index contributed by atoms with van der Waals surface area (Å²) in [6.07, 6.45) is 0.621. The predicted octanol–water partition coefficient (Wildman–Crippen LogP) is 2.32. The highest BCUT2D eigenvalue weighted by Crippen LogP contribution is 2.24. The number of hydrogen-bond donors (Lipinski definition) is 1. The van der Waals surface area contributed by atoms with Gasteiger partial charge >= 0.3 is 0 Å². The van der Waals surface area contributed by atoms with Gasteiger partial charge in [-0.3, -0.25) is 10.1 Å². The van der Waals surface area contributed by atoms with Crippen LogP contribution < -0.4 is 10.5 Å². The molecule has 0 aliphatic rings.